The Balaban J connectivity index is 1.95. The summed E-state index contributed by atoms with van der Waals surface area (Å²) in [4.78, 5) is 8.96. The average Bonchev–Trinajstić information content (AvgIpc) is 2.68. The van der Waals surface area contributed by atoms with Gasteiger partial charge in [0.2, 0.25) is 0 Å². The van der Waals surface area contributed by atoms with Crippen LogP contribution in [0.5, 0.6) is 0 Å². The molecule has 2 heterocycles. The number of nitrogens with two attached hydrogens (primary N) is 1. The summed E-state index contributed by atoms with van der Waals surface area (Å²) >= 11 is 0. The number of nitrogen functional groups attached to an aromatic ring is 1. The lowest BCUT2D eigenvalue weighted by atomic mass is 10.2. The largest absolute Gasteiger partial charge is 0.384 e. The first kappa shape index (κ1) is 12.3. The van der Waals surface area contributed by atoms with E-state index in [1.165, 1.54) is 24.9 Å². The van der Waals surface area contributed by atoms with Crippen LogP contribution in [0, 0.1) is 0 Å². The molecule has 17 heavy (non-hydrogen) atoms. The molecule has 1 aliphatic rings. The molecule has 1 fully saturated rings. The summed E-state index contributed by atoms with van der Waals surface area (Å²) in [7, 11) is 4.28. The van der Waals surface area contributed by atoms with Crippen molar-refractivity contribution in [1.82, 2.24) is 14.8 Å². The third-order valence-electron chi connectivity index (χ3n) is 3.31. The van der Waals surface area contributed by atoms with Crippen LogP contribution in [0.15, 0.2) is 18.3 Å². The smallest absolute Gasteiger partial charge is 0.123 e. The van der Waals surface area contributed by atoms with Gasteiger partial charge in [0.15, 0.2) is 0 Å². The third-order valence-corrected chi connectivity index (χ3v) is 3.31. The van der Waals surface area contributed by atoms with Gasteiger partial charge in [-0.1, -0.05) is 6.07 Å². The Labute approximate surface area is 103 Å². The monoisotopic (exact) mass is 234 g/mol. The Kier molecular flexibility index (Phi) is 3.97. The first-order chi connectivity index (χ1) is 8.15. The van der Waals surface area contributed by atoms with Crippen LogP contribution < -0.4 is 5.73 Å². The van der Waals surface area contributed by atoms with E-state index in [4.69, 9.17) is 5.73 Å². The number of anilines is 1. The molecular weight excluding hydrogens is 212 g/mol. The van der Waals surface area contributed by atoms with E-state index in [-0.39, 0.29) is 0 Å². The molecule has 1 aromatic heterocycles. The first-order valence-electron chi connectivity index (χ1n) is 6.24. The highest BCUT2D eigenvalue weighted by Crippen LogP contribution is 2.20. The lowest BCUT2D eigenvalue weighted by Crippen LogP contribution is -2.37. The summed E-state index contributed by atoms with van der Waals surface area (Å²) in [5.41, 5.74) is 6.85. The Bertz CT molecular complexity index is 347. The number of likely N-dealkylation sites (N-methyl/N-ethyl adjacent to an activating group) is 1. The number of hydrogen-bond acceptors (Lipinski definition) is 4. The van der Waals surface area contributed by atoms with E-state index in [0.29, 0.717) is 11.9 Å². The van der Waals surface area contributed by atoms with Crippen LogP contribution >= 0.6 is 0 Å². The van der Waals surface area contributed by atoms with Crippen molar-refractivity contribution in [2.24, 2.45) is 0 Å². The molecule has 1 aliphatic heterocycles. The van der Waals surface area contributed by atoms with Gasteiger partial charge in [0.25, 0.3) is 0 Å². The number of aromatic nitrogens is 1. The van der Waals surface area contributed by atoms with Crippen LogP contribution in [-0.4, -0.2) is 48.0 Å². The first-order valence-corrected chi connectivity index (χ1v) is 6.24. The van der Waals surface area contributed by atoms with E-state index in [0.717, 1.165) is 13.1 Å². The second-order valence-electron chi connectivity index (χ2n) is 5.12. The van der Waals surface area contributed by atoms with Crippen molar-refractivity contribution in [3.8, 4) is 0 Å². The predicted molar refractivity (Wildman–Crippen MR) is 70.6 cm³/mol. The summed E-state index contributed by atoms with van der Waals surface area (Å²) in [5, 5.41) is 0. The topological polar surface area (TPSA) is 45.4 Å². The number of nitrogens with zero attached hydrogens (tertiary/aromatic N) is 3. The van der Waals surface area contributed by atoms with Crippen molar-refractivity contribution in [3.63, 3.8) is 0 Å². The molecule has 0 aliphatic carbocycles. The number of rotatable bonds is 4. The lowest BCUT2D eigenvalue weighted by Gasteiger charge is -2.26. The fraction of sp³-hybridized carbons (Fsp3) is 0.615. The Morgan fingerprint density at radius 3 is 2.94 bits per heavy atom. The summed E-state index contributed by atoms with van der Waals surface area (Å²) in [6, 6.07) is 4.64. The van der Waals surface area contributed by atoms with Gasteiger partial charge in [-0.3, -0.25) is 4.90 Å². The molecule has 0 saturated carbocycles. The summed E-state index contributed by atoms with van der Waals surface area (Å²) in [5.74, 6) is 0.597. The average molecular weight is 234 g/mol. The van der Waals surface area contributed by atoms with Crippen LogP contribution in [0.1, 0.15) is 18.4 Å². The van der Waals surface area contributed by atoms with E-state index >= 15 is 0 Å². The molecule has 0 spiro atoms. The van der Waals surface area contributed by atoms with Gasteiger partial charge in [-0.05, 0) is 45.1 Å². The molecule has 1 aromatic rings. The molecule has 2 N–H and O–H groups in total. The fourth-order valence-electron chi connectivity index (χ4n) is 2.50. The van der Waals surface area contributed by atoms with Crippen molar-refractivity contribution >= 4 is 5.82 Å². The van der Waals surface area contributed by atoms with E-state index in [1.807, 2.05) is 12.3 Å². The summed E-state index contributed by atoms with van der Waals surface area (Å²) in [6.07, 6.45) is 4.50. The van der Waals surface area contributed by atoms with Crippen molar-refractivity contribution in [3.05, 3.63) is 23.9 Å². The fourth-order valence-corrected chi connectivity index (χ4v) is 2.50. The second kappa shape index (κ2) is 5.47. The zero-order valence-electron chi connectivity index (χ0n) is 10.8. The van der Waals surface area contributed by atoms with Crippen molar-refractivity contribution in [1.29, 1.82) is 0 Å². The number of pyridine rings is 1. The van der Waals surface area contributed by atoms with Crippen LogP contribution in [0.2, 0.25) is 0 Å². The maximum absolute atomic E-state index is 5.60. The predicted octanol–water partition coefficient (Wildman–Crippen LogP) is 1.19. The van der Waals surface area contributed by atoms with E-state index < -0.39 is 0 Å². The highest BCUT2D eigenvalue weighted by molar-refractivity contribution is 5.29. The van der Waals surface area contributed by atoms with Gasteiger partial charge < -0.3 is 10.6 Å². The standard InChI is InChI=1S/C13H22N4/c1-16(2)10-12-4-3-7-17(12)9-11-5-6-13(14)15-8-11/h5-6,8,12H,3-4,7,9-10H2,1-2H3,(H2,14,15). The molecule has 2 rings (SSSR count). The van der Waals surface area contributed by atoms with Gasteiger partial charge in [0.1, 0.15) is 5.82 Å². The van der Waals surface area contributed by atoms with Crippen molar-refractivity contribution in [2.45, 2.75) is 25.4 Å². The Morgan fingerprint density at radius 2 is 2.29 bits per heavy atom. The van der Waals surface area contributed by atoms with Crippen molar-refractivity contribution in [2.75, 3.05) is 32.9 Å². The van der Waals surface area contributed by atoms with Crippen molar-refractivity contribution < 1.29 is 0 Å². The molecule has 0 radical (unpaired) electrons. The maximum Gasteiger partial charge on any atom is 0.123 e. The molecule has 4 nitrogen and oxygen atoms in total. The number of hydrogen-bond donors (Lipinski definition) is 1. The molecule has 94 valence electrons. The Hall–Kier alpha value is -1.13. The minimum Gasteiger partial charge on any atom is -0.384 e. The van der Waals surface area contributed by atoms with Gasteiger partial charge in [-0.2, -0.15) is 0 Å². The minimum absolute atomic E-state index is 0.597. The summed E-state index contributed by atoms with van der Waals surface area (Å²) < 4.78 is 0. The van der Waals surface area contributed by atoms with Gasteiger partial charge in [-0.25, -0.2) is 4.98 Å². The molecule has 0 aromatic carbocycles. The molecule has 4 heteroatoms. The molecular formula is C13H22N4. The second-order valence-corrected chi connectivity index (χ2v) is 5.12. The van der Waals surface area contributed by atoms with Gasteiger partial charge >= 0.3 is 0 Å². The van der Waals surface area contributed by atoms with Crippen LogP contribution in [0.3, 0.4) is 0 Å². The number of likely N-dealkylation sites (tertiary alicyclic amines) is 1. The zero-order valence-corrected chi connectivity index (χ0v) is 10.8. The highest BCUT2D eigenvalue weighted by Gasteiger charge is 2.24. The van der Waals surface area contributed by atoms with E-state index in [1.54, 1.807) is 0 Å². The maximum atomic E-state index is 5.60. The lowest BCUT2D eigenvalue weighted by molar-refractivity contribution is 0.201. The quantitative estimate of drug-likeness (QED) is 0.850. The van der Waals surface area contributed by atoms with Gasteiger partial charge in [0.05, 0.1) is 0 Å². The molecule has 0 bridgehead atoms. The molecule has 0 amide bonds. The third kappa shape index (κ3) is 3.41. The Morgan fingerprint density at radius 1 is 1.47 bits per heavy atom. The van der Waals surface area contributed by atoms with E-state index in [9.17, 15) is 0 Å². The van der Waals surface area contributed by atoms with Crippen LogP contribution in [0.25, 0.3) is 0 Å². The van der Waals surface area contributed by atoms with Crippen LogP contribution in [0.4, 0.5) is 5.82 Å². The molecule has 1 saturated heterocycles. The molecule has 1 unspecified atom stereocenters. The highest BCUT2D eigenvalue weighted by atomic mass is 15.2. The van der Waals surface area contributed by atoms with E-state index in [2.05, 4.69) is 34.9 Å². The van der Waals surface area contributed by atoms with Gasteiger partial charge in [-0.15, -0.1) is 0 Å². The van der Waals surface area contributed by atoms with Crippen LogP contribution in [-0.2, 0) is 6.54 Å². The zero-order chi connectivity index (χ0) is 12.3. The minimum atomic E-state index is 0.597. The summed E-state index contributed by atoms with van der Waals surface area (Å²) in [6.45, 7) is 3.33. The molecule has 1 atom stereocenters. The van der Waals surface area contributed by atoms with Gasteiger partial charge in [0, 0.05) is 25.3 Å². The normalized spacial score (nSPS) is 21.2. The SMILES string of the molecule is CN(C)CC1CCCN1Cc1ccc(N)nc1.